The molecule has 1 aliphatic rings. The maximum Gasteiger partial charge on any atom is 0.324 e. The van der Waals surface area contributed by atoms with E-state index >= 15 is 0 Å². The zero-order chi connectivity index (χ0) is 14.5. The summed E-state index contributed by atoms with van der Waals surface area (Å²) in [5.74, 6) is -0.0938. The van der Waals surface area contributed by atoms with E-state index in [1.165, 1.54) is 0 Å². The molecule has 0 bridgehead atoms. The second kappa shape index (κ2) is 6.78. The van der Waals surface area contributed by atoms with Crippen molar-refractivity contribution in [3.63, 3.8) is 0 Å². The van der Waals surface area contributed by atoms with E-state index in [1.807, 2.05) is 0 Å². The topological polar surface area (TPSA) is 71.8 Å². The minimum absolute atomic E-state index is 0.231. The van der Waals surface area contributed by atoms with Gasteiger partial charge in [-0.1, -0.05) is 0 Å². The zero-order valence-electron chi connectivity index (χ0n) is 11.2. The number of likely N-dealkylation sites (tertiary alicyclic amines) is 1. The van der Waals surface area contributed by atoms with Gasteiger partial charge in [-0.25, -0.2) is 4.79 Å². The molecule has 0 aromatic carbocycles. The Morgan fingerprint density at radius 2 is 2.35 bits per heavy atom. The van der Waals surface area contributed by atoms with Crippen LogP contribution >= 0.6 is 15.9 Å². The van der Waals surface area contributed by atoms with Crippen molar-refractivity contribution in [1.29, 1.82) is 0 Å². The van der Waals surface area contributed by atoms with Gasteiger partial charge in [0, 0.05) is 19.2 Å². The Bertz CT molecular complexity index is 488. The van der Waals surface area contributed by atoms with Crippen LogP contribution in [0.4, 0.5) is 10.7 Å². The molecule has 6 nitrogen and oxygen atoms in total. The number of esters is 1. The number of halogens is 1. The highest BCUT2D eigenvalue weighted by atomic mass is 79.9. The summed E-state index contributed by atoms with van der Waals surface area (Å²) in [7, 11) is 0. The molecule has 1 aliphatic heterocycles. The van der Waals surface area contributed by atoms with Gasteiger partial charge in [0.25, 0.3) is 0 Å². The van der Waals surface area contributed by atoms with Gasteiger partial charge in [0.1, 0.15) is 0 Å². The summed E-state index contributed by atoms with van der Waals surface area (Å²) in [6.45, 7) is 3.15. The molecule has 1 saturated heterocycles. The van der Waals surface area contributed by atoms with Gasteiger partial charge in [-0.2, -0.15) is 0 Å². The molecular formula is C13H17BrN2O4. The number of amides is 2. The molecule has 0 spiro atoms. The van der Waals surface area contributed by atoms with Crippen LogP contribution in [0.1, 0.15) is 19.8 Å². The van der Waals surface area contributed by atoms with Gasteiger partial charge in [-0.05, 0) is 41.8 Å². The second-order valence-corrected chi connectivity index (χ2v) is 5.35. The lowest BCUT2D eigenvalue weighted by Crippen LogP contribution is -2.44. The Morgan fingerprint density at radius 1 is 1.55 bits per heavy atom. The van der Waals surface area contributed by atoms with Gasteiger partial charge < -0.3 is 14.1 Å². The highest BCUT2D eigenvalue weighted by Gasteiger charge is 2.29. The first-order valence-corrected chi connectivity index (χ1v) is 7.37. The van der Waals surface area contributed by atoms with Crippen LogP contribution in [0.15, 0.2) is 21.2 Å². The summed E-state index contributed by atoms with van der Waals surface area (Å²) in [6.07, 6.45) is 1.55. The lowest BCUT2D eigenvalue weighted by molar-refractivity contribution is -0.149. The molecule has 0 saturated carbocycles. The number of piperidine rings is 1. The van der Waals surface area contributed by atoms with Crippen molar-refractivity contribution < 1.29 is 18.7 Å². The normalized spacial score (nSPS) is 18.7. The smallest absolute Gasteiger partial charge is 0.324 e. The molecule has 1 atom stereocenters. The van der Waals surface area contributed by atoms with Crippen molar-refractivity contribution in [2.24, 2.45) is 5.92 Å². The van der Waals surface area contributed by atoms with Crippen LogP contribution in [-0.2, 0) is 9.53 Å². The van der Waals surface area contributed by atoms with Gasteiger partial charge in [0.2, 0.25) is 5.88 Å². The SMILES string of the molecule is CCOC(=O)C1CCCN(C(=O)Nc2ccc(Br)o2)C1. The molecule has 1 unspecified atom stereocenters. The third-order valence-corrected chi connectivity index (χ3v) is 3.56. The Labute approximate surface area is 125 Å². The van der Waals surface area contributed by atoms with E-state index < -0.39 is 0 Å². The first kappa shape index (κ1) is 14.9. The molecule has 2 amide bonds. The maximum absolute atomic E-state index is 12.1. The van der Waals surface area contributed by atoms with Gasteiger partial charge in [0.15, 0.2) is 4.67 Å². The van der Waals surface area contributed by atoms with E-state index in [9.17, 15) is 9.59 Å². The molecule has 20 heavy (non-hydrogen) atoms. The van der Waals surface area contributed by atoms with Crippen LogP contribution in [0.25, 0.3) is 0 Å². The number of carbonyl (C=O) groups is 2. The highest BCUT2D eigenvalue weighted by molar-refractivity contribution is 9.10. The van der Waals surface area contributed by atoms with E-state index in [1.54, 1.807) is 24.0 Å². The first-order valence-electron chi connectivity index (χ1n) is 6.58. The molecule has 110 valence electrons. The van der Waals surface area contributed by atoms with Crippen molar-refractivity contribution >= 4 is 33.8 Å². The number of carbonyl (C=O) groups excluding carboxylic acids is 2. The van der Waals surface area contributed by atoms with E-state index in [0.717, 1.165) is 12.8 Å². The van der Waals surface area contributed by atoms with Crippen LogP contribution in [0.3, 0.4) is 0 Å². The summed E-state index contributed by atoms with van der Waals surface area (Å²) in [4.78, 5) is 25.4. The molecule has 1 N–H and O–H groups in total. The number of rotatable bonds is 3. The average Bonchev–Trinajstić information content (AvgIpc) is 2.84. The fourth-order valence-electron chi connectivity index (χ4n) is 2.18. The molecule has 2 rings (SSSR count). The molecule has 1 aromatic rings. The average molecular weight is 345 g/mol. The molecule has 2 heterocycles. The predicted octanol–water partition coefficient (Wildman–Crippen LogP) is 2.85. The molecule has 1 aromatic heterocycles. The standard InChI is InChI=1S/C13H17BrN2O4/c1-2-19-12(17)9-4-3-7-16(8-9)13(18)15-11-6-5-10(14)20-11/h5-6,9H,2-4,7-8H2,1H3,(H,15,18). The Morgan fingerprint density at radius 3 is 3.00 bits per heavy atom. The number of nitrogens with one attached hydrogen (secondary N) is 1. The van der Waals surface area contributed by atoms with E-state index in [0.29, 0.717) is 30.3 Å². The Kier molecular flexibility index (Phi) is 5.05. The number of urea groups is 1. The van der Waals surface area contributed by atoms with Crippen LogP contribution in [0.5, 0.6) is 0 Å². The van der Waals surface area contributed by atoms with Gasteiger partial charge in [-0.15, -0.1) is 0 Å². The third kappa shape index (κ3) is 3.75. The monoisotopic (exact) mass is 344 g/mol. The van der Waals surface area contributed by atoms with Crippen molar-refractivity contribution in [2.75, 3.05) is 25.0 Å². The number of hydrogen-bond donors (Lipinski definition) is 1. The number of furan rings is 1. The quantitative estimate of drug-likeness (QED) is 0.855. The summed E-state index contributed by atoms with van der Waals surface area (Å²) < 4.78 is 10.8. The molecule has 0 radical (unpaired) electrons. The minimum atomic E-state index is -0.263. The summed E-state index contributed by atoms with van der Waals surface area (Å²) >= 11 is 3.17. The van der Waals surface area contributed by atoms with Crippen LogP contribution < -0.4 is 5.32 Å². The van der Waals surface area contributed by atoms with Crippen molar-refractivity contribution in [1.82, 2.24) is 4.90 Å². The van der Waals surface area contributed by atoms with Gasteiger partial charge >= 0.3 is 12.0 Å². The second-order valence-electron chi connectivity index (χ2n) is 4.57. The van der Waals surface area contributed by atoms with Crippen molar-refractivity contribution in [3.8, 4) is 0 Å². The van der Waals surface area contributed by atoms with Crippen LogP contribution in [0.2, 0.25) is 0 Å². The fraction of sp³-hybridized carbons (Fsp3) is 0.538. The van der Waals surface area contributed by atoms with Gasteiger partial charge in [0.05, 0.1) is 12.5 Å². The number of ether oxygens (including phenoxy) is 1. The Balaban J connectivity index is 1.91. The maximum atomic E-state index is 12.1. The molecule has 1 fully saturated rings. The molecule has 0 aliphatic carbocycles. The third-order valence-electron chi connectivity index (χ3n) is 3.13. The molecule has 7 heteroatoms. The zero-order valence-corrected chi connectivity index (χ0v) is 12.8. The largest absolute Gasteiger partial charge is 0.466 e. The number of anilines is 1. The van der Waals surface area contributed by atoms with Gasteiger partial charge in [-0.3, -0.25) is 10.1 Å². The highest BCUT2D eigenvalue weighted by Crippen LogP contribution is 2.21. The first-order chi connectivity index (χ1) is 9.60. The number of nitrogens with zero attached hydrogens (tertiary/aromatic N) is 1. The van der Waals surface area contributed by atoms with Crippen LogP contribution in [-0.4, -0.2) is 36.6 Å². The summed E-state index contributed by atoms with van der Waals surface area (Å²) in [6, 6.07) is 3.10. The Hall–Kier alpha value is -1.50. The summed E-state index contributed by atoms with van der Waals surface area (Å²) in [5.41, 5.74) is 0. The van der Waals surface area contributed by atoms with Crippen molar-refractivity contribution in [3.05, 3.63) is 16.8 Å². The summed E-state index contributed by atoms with van der Waals surface area (Å²) in [5, 5.41) is 2.66. The van der Waals surface area contributed by atoms with E-state index in [4.69, 9.17) is 9.15 Å². The van der Waals surface area contributed by atoms with E-state index in [-0.39, 0.29) is 17.9 Å². The lowest BCUT2D eigenvalue weighted by atomic mass is 9.98. The lowest BCUT2D eigenvalue weighted by Gasteiger charge is -2.31. The van der Waals surface area contributed by atoms with Crippen molar-refractivity contribution in [2.45, 2.75) is 19.8 Å². The fourth-order valence-corrected chi connectivity index (χ4v) is 2.49. The predicted molar refractivity (Wildman–Crippen MR) is 76.4 cm³/mol. The van der Waals surface area contributed by atoms with Crippen LogP contribution in [0, 0.1) is 5.92 Å². The number of hydrogen-bond acceptors (Lipinski definition) is 4. The minimum Gasteiger partial charge on any atom is -0.466 e. The van der Waals surface area contributed by atoms with E-state index in [2.05, 4.69) is 21.2 Å². The molecular weight excluding hydrogens is 328 g/mol.